The van der Waals surface area contributed by atoms with Crippen molar-refractivity contribution < 1.29 is 23.5 Å². The third-order valence-electron chi connectivity index (χ3n) is 6.40. The van der Waals surface area contributed by atoms with Crippen LogP contribution in [-0.2, 0) is 0 Å². The Morgan fingerprint density at radius 1 is 1.00 bits per heavy atom. The number of hydrogen-bond acceptors (Lipinski definition) is 4. The van der Waals surface area contributed by atoms with Gasteiger partial charge in [0.25, 0.3) is 17.7 Å². The Morgan fingerprint density at radius 2 is 1.74 bits per heavy atom. The first kappa shape index (κ1) is 25.5. The predicted octanol–water partition coefficient (Wildman–Crippen LogP) is 6.37. The van der Waals surface area contributed by atoms with Crippen LogP contribution < -0.4 is 10.2 Å². The fourth-order valence-corrected chi connectivity index (χ4v) is 4.61. The average molecular weight is 534 g/mol. The summed E-state index contributed by atoms with van der Waals surface area (Å²) in [6.07, 6.45) is -1.55. The van der Waals surface area contributed by atoms with Gasteiger partial charge in [0, 0.05) is 35.3 Å². The van der Waals surface area contributed by atoms with Crippen molar-refractivity contribution in [2.24, 2.45) is 0 Å². The first-order valence-electron chi connectivity index (χ1n) is 11.8. The fraction of sp³-hybridized carbons (Fsp3) is 0.138. The molecule has 38 heavy (non-hydrogen) atoms. The normalized spacial score (nSPS) is 16.3. The monoisotopic (exact) mass is 533 g/mol. The quantitative estimate of drug-likeness (QED) is 0.319. The summed E-state index contributed by atoms with van der Waals surface area (Å²) >= 11 is 5.98. The third-order valence-corrected chi connectivity index (χ3v) is 6.63. The van der Waals surface area contributed by atoms with E-state index in [0.717, 1.165) is 11.1 Å². The van der Waals surface area contributed by atoms with Crippen LogP contribution in [-0.4, -0.2) is 34.4 Å². The Kier molecular flexibility index (Phi) is 6.93. The van der Waals surface area contributed by atoms with Crippen LogP contribution in [0, 0.1) is 0 Å². The van der Waals surface area contributed by atoms with Gasteiger partial charge in [-0.3, -0.25) is 9.59 Å². The topological polar surface area (TPSA) is 82.5 Å². The zero-order valence-electron chi connectivity index (χ0n) is 19.9. The molecule has 0 aliphatic carbocycles. The third kappa shape index (κ3) is 5.01. The van der Waals surface area contributed by atoms with Crippen LogP contribution in [0.5, 0.6) is 0 Å². The van der Waals surface area contributed by atoms with E-state index in [-0.39, 0.29) is 40.1 Å². The van der Waals surface area contributed by atoms with Gasteiger partial charge in [0.15, 0.2) is 0 Å². The Hall–Kier alpha value is -4.14. The van der Waals surface area contributed by atoms with Crippen molar-refractivity contribution in [3.63, 3.8) is 0 Å². The highest BCUT2D eigenvalue weighted by Gasteiger charge is 2.44. The van der Waals surface area contributed by atoms with E-state index in [1.165, 1.54) is 41.4 Å². The summed E-state index contributed by atoms with van der Waals surface area (Å²) in [4.78, 5) is 31.7. The first-order chi connectivity index (χ1) is 18.2. The van der Waals surface area contributed by atoms with Crippen molar-refractivity contribution in [3.05, 3.63) is 113 Å². The van der Waals surface area contributed by atoms with Crippen LogP contribution in [0.4, 0.5) is 20.3 Å². The van der Waals surface area contributed by atoms with Gasteiger partial charge in [0.2, 0.25) is 0 Å². The zero-order valence-corrected chi connectivity index (χ0v) is 20.7. The summed E-state index contributed by atoms with van der Waals surface area (Å²) in [5, 5.41) is 13.2. The number of pyridine rings is 1. The van der Waals surface area contributed by atoms with Gasteiger partial charge in [0.05, 0.1) is 11.3 Å². The SMILES string of the molecule is O=C(Nc1ccc(C(=O)N2CCC(F)(F)[C@H](O)c3cc(Cl)ccc32)cn1)c1ccccc1-c1ccccc1. The number of aromatic nitrogens is 1. The van der Waals surface area contributed by atoms with E-state index >= 15 is 0 Å². The van der Waals surface area contributed by atoms with Gasteiger partial charge in [-0.25, -0.2) is 13.8 Å². The van der Waals surface area contributed by atoms with Crippen LogP contribution >= 0.6 is 11.6 Å². The molecule has 2 heterocycles. The molecule has 9 heteroatoms. The molecule has 1 aromatic heterocycles. The van der Waals surface area contributed by atoms with Crippen molar-refractivity contribution in [3.8, 4) is 11.1 Å². The van der Waals surface area contributed by atoms with Crippen LogP contribution in [0.1, 0.15) is 38.8 Å². The van der Waals surface area contributed by atoms with Crippen LogP contribution in [0.2, 0.25) is 5.02 Å². The maximum Gasteiger partial charge on any atom is 0.279 e. The lowest BCUT2D eigenvalue weighted by Gasteiger charge is -2.23. The molecular formula is C29H22ClF2N3O3. The van der Waals surface area contributed by atoms with E-state index in [2.05, 4.69) is 10.3 Å². The lowest BCUT2D eigenvalue weighted by Crippen LogP contribution is -2.33. The molecule has 0 radical (unpaired) electrons. The largest absolute Gasteiger partial charge is 0.382 e. The highest BCUT2D eigenvalue weighted by molar-refractivity contribution is 6.30. The smallest absolute Gasteiger partial charge is 0.279 e. The van der Waals surface area contributed by atoms with Gasteiger partial charge in [-0.1, -0.05) is 60.1 Å². The number of nitrogens with zero attached hydrogens (tertiary/aromatic N) is 2. The number of hydrogen-bond donors (Lipinski definition) is 2. The van der Waals surface area contributed by atoms with Crippen molar-refractivity contribution >= 4 is 34.9 Å². The molecule has 192 valence electrons. The lowest BCUT2D eigenvalue weighted by molar-refractivity contribution is -0.112. The average Bonchev–Trinajstić information content (AvgIpc) is 3.03. The number of fused-ring (bicyclic) bond motifs is 1. The van der Waals surface area contributed by atoms with Gasteiger partial charge < -0.3 is 15.3 Å². The van der Waals surface area contributed by atoms with Crippen molar-refractivity contribution in [2.45, 2.75) is 18.4 Å². The molecule has 0 saturated heterocycles. The Bertz CT molecular complexity index is 1500. The minimum Gasteiger partial charge on any atom is -0.382 e. The number of carbonyl (C=O) groups excluding carboxylic acids is 2. The van der Waals surface area contributed by atoms with Gasteiger partial charge in [-0.15, -0.1) is 0 Å². The lowest BCUT2D eigenvalue weighted by atomic mass is 9.99. The molecule has 2 amide bonds. The molecule has 1 atom stereocenters. The summed E-state index contributed by atoms with van der Waals surface area (Å²) in [6, 6.07) is 23.8. The second kappa shape index (κ2) is 10.3. The number of rotatable bonds is 4. The maximum atomic E-state index is 14.5. The zero-order chi connectivity index (χ0) is 26.9. The summed E-state index contributed by atoms with van der Waals surface area (Å²) in [7, 11) is 0. The summed E-state index contributed by atoms with van der Waals surface area (Å²) in [5.41, 5.74) is 2.27. The second-order valence-electron chi connectivity index (χ2n) is 8.87. The van der Waals surface area contributed by atoms with Crippen LogP contribution in [0.25, 0.3) is 11.1 Å². The molecular weight excluding hydrogens is 512 g/mol. The van der Waals surface area contributed by atoms with Crippen LogP contribution in [0.3, 0.4) is 0 Å². The molecule has 4 aromatic rings. The highest BCUT2D eigenvalue weighted by Crippen LogP contribution is 2.43. The minimum atomic E-state index is -3.43. The van der Waals surface area contributed by atoms with E-state index in [1.807, 2.05) is 42.5 Å². The number of halogens is 3. The number of nitrogens with one attached hydrogen (secondary N) is 1. The van der Waals surface area contributed by atoms with Crippen molar-refractivity contribution in [1.82, 2.24) is 4.98 Å². The number of benzene rings is 3. The molecule has 0 fully saturated rings. The molecule has 1 aliphatic rings. The standard InChI is InChI=1S/C29H22ClF2N3O3/c30-20-11-12-24-23(16-20)26(36)29(31,32)14-15-35(24)28(38)19-10-13-25(33-17-19)34-27(37)22-9-5-4-8-21(22)18-6-2-1-3-7-18/h1-13,16-17,26,36H,14-15H2,(H,33,34,37)/t26-/m1/s1. The molecule has 6 nitrogen and oxygen atoms in total. The Morgan fingerprint density at radius 3 is 2.47 bits per heavy atom. The van der Waals surface area contributed by atoms with E-state index in [1.54, 1.807) is 12.1 Å². The van der Waals surface area contributed by atoms with Gasteiger partial charge in [0.1, 0.15) is 11.9 Å². The Labute approximate surface area is 222 Å². The molecule has 2 N–H and O–H groups in total. The summed E-state index contributed by atoms with van der Waals surface area (Å²) in [6.45, 7) is -0.313. The highest BCUT2D eigenvalue weighted by atomic mass is 35.5. The summed E-state index contributed by atoms with van der Waals surface area (Å²) < 4.78 is 29.0. The molecule has 1 aliphatic heterocycles. The molecule has 0 bridgehead atoms. The Balaban J connectivity index is 1.37. The van der Waals surface area contributed by atoms with Gasteiger partial charge >= 0.3 is 0 Å². The fourth-order valence-electron chi connectivity index (χ4n) is 4.43. The molecule has 0 spiro atoms. The first-order valence-corrected chi connectivity index (χ1v) is 12.2. The van der Waals surface area contributed by atoms with E-state index in [9.17, 15) is 23.5 Å². The molecule has 0 unspecified atom stereocenters. The predicted molar refractivity (Wildman–Crippen MR) is 142 cm³/mol. The number of anilines is 2. The van der Waals surface area contributed by atoms with E-state index < -0.39 is 24.4 Å². The second-order valence-corrected chi connectivity index (χ2v) is 9.31. The number of aliphatic hydroxyl groups is 1. The molecule has 3 aromatic carbocycles. The van der Waals surface area contributed by atoms with Gasteiger partial charge in [-0.05, 0) is 47.5 Å². The number of carbonyl (C=O) groups is 2. The van der Waals surface area contributed by atoms with E-state index in [4.69, 9.17) is 11.6 Å². The number of amides is 2. The molecule has 5 rings (SSSR count). The number of aliphatic hydroxyl groups excluding tert-OH is 1. The van der Waals surface area contributed by atoms with Crippen molar-refractivity contribution in [2.75, 3.05) is 16.8 Å². The van der Waals surface area contributed by atoms with Crippen LogP contribution in [0.15, 0.2) is 91.1 Å². The maximum absolute atomic E-state index is 14.5. The van der Waals surface area contributed by atoms with Gasteiger partial charge in [-0.2, -0.15) is 0 Å². The number of alkyl halides is 2. The molecule has 0 saturated carbocycles. The summed E-state index contributed by atoms with van der Waals surface area (Å²) in [5.74, 6) is -4.15. The van der Waals surface area contributed by atoms with Crippen molar-refractivity contribution in [1.29, 1.82) is 0 Å². The minimum absolute atomic E-state index is 0.123. The van der Waals surface area contributed by atoms with E-state index in [0.29, 0.717) is 5.56 Å².